The van der Waals surface area contributed by atoms with Crippen molar-refractivity contribution < 1.29 is 9.53 Å². The maximum absolute atomic E-state index is 13.6. The van der Waals surface area contributed by atoms with E-state index >= 15 is 0 Å². The van der Waals surface area contributed by atoms with E-state index in [0.29, 0.717) is 6.42 Å². The molecule has 0 saturated heterocycles. The van der Waals surface area contributed by atoms with Crippen LogP contribution in [0, 0.1) is 12.8 Å². The van der Waals surface area contributed by atoms with Crippen molar-refractivity contribution in [3.8, 4) is 5.75 Å². The van der Waals surface area contributed by atoms with E-state index in [9.17, 15) is 4.79 Å². The van der Waals surface area contributed by atoms with E-state index in [2.05, 4.69) is 60.0 Å². The molecule has 1 aliphatic heterocycles. The second-order valence-corrected chi connectivity index (χ2v) is 8.30. The van der Waals surface area contributed by atoms with Crippen LogP contribution in [0.1, 0.15) is 35.1 Å². The van der Waals surface area contributed by atoms with Crippen LogP contribution in [0.5, 0.6) is 5.75 Å². The highest BCUT2D eigenvalue weighted by Gasteiger charge is 2.40. The van der Waals surface area contributed by atoms with Gasteiger partial charge in [0.05, 0.1) is 30.4 Å². The fraction of sp³-hybridized carbons (Fsp3) is 0.222. The molecule has 0 saturated carbocycles. The Labute approximate surface area is 183 Å². The number of methoxy groups -OCH3 is 1. The first-order chi connectivity index (χ1) is 15.1. The van der Waals surface area contributed by atoms with Crippen molar-refractivity contribution in [1.29, 1.82) is 0 Å². The van der Waals surface area contributed by atoms with Gasteiger partial charge in [0.15, 0.2) is 0 Å². The number of benzene rings is 3. The van der Waals surface area contributed by atoms with Crippen LogP contribution in [0.3, 0.4) is 0 Å². The zero-order valence-electron chi connectivity index (χ0n) is 17.8. The number of anilines is 2. The average molecular weight is 411 g/mol. The van der Waals surface area contributed by atoms with Crippen molar-refractivity contribution in [2.45, 2.75) is 25.3 Å². The molecule has 4 heteroatoms. The highest BCUT2D eigenvalue weighted by atomic mass is 16.5. The minimum Gasteiger partial charge on any atom is -0.497 e. The number of ketones is 1. The normalized spacial score (nSPS) is 22.2. The lowest BCUT2D eigenvalue weighted by atomic mass is 9.76. The molecular weight excluding hydrogens is 384 g/mol. The largest absolute Gasteiger partial charge is 0.497 e. The summed E-state index contributed by atoms with van der Waals surface area (Å²) in [6, 6.07) is 24.4. The number of fused-ring (bicyclic) bond motifs is 2. The van der Waals surface area contributed by atoms with Crippen LogP contribution in [-0.2, 0) is 4.79 Å². The molecule has 3 aromatic rings. The van der Waals surface area contributed by atoms with E-state index in [-0.39, 0.29) is 23.7 Å². The molecular formula is C27H26N2O2. The van der Waals surface area contributed by atoms with E-state index in [1.165, 1.54) is 5.56 Å². The monoisotopic (exact) mass is 410 g/mol. The number of rotatable bonds is 3. The summed E-state index contributed by atoms with van der Waals surface area (Å²) in [5.41, 5.74) is 6.46. The molecule has 5 rings (SSSR count). The summed E-state index contributed by atoms with van der Waals surface area (Å²) in [5.74, 6) is 0.851. The molecule has 3 aromatic carbocycles. The number of Topliss-reactive ketones (excluding diaryl/α,β-unsaturated/α-hetero) is 1. The third-order valence-electron chi connectivity index (χ3n) is 6.40. The van der Waals surface area contributed by atoms with E-state index in [4.69, 9.17) is 4.74 Å². The van der Waals surface area contributed by atoms with E-state index in [1.54, 1.807) is 7.11 Å². The summed E-state index contributed by atoms with van der Waals surface area (Å²) in [6.07, 6.45) is 2.73. The van der Waals surface area contributed by atoms with Gasteiger partial charge in [-0.05, 0) is 47.9 Å². The van der Waals surface area contributed by atoms with Crippen LogP contribution in [0.25, 0.3) is 0 Å². The van der Waals surface area contributed by atoms with E-state index in [0.717, 1.165) is 33.9 Å². The van der Waals surface area contributed by atoms with Gasteiger partial charge in [-0.2, -0.15) is 0 Å². The van der Waals surface area contributed by atoms with Gasteiger partial charge in [-0.3, -0.25) is 4.79 Å². The molecule has 3 atom stereocenters. The third-order valence-corrected chi connectivity index (χ3v) is 6.40. The first-order valence-corrected chi connectivity index (χ1v) is 10.7. The zero-order chi connectivity index (χ0) is 21.4. The molecule has 156 valence electrons. The summed E-state index contributed by atoms with van der Waals surface area (Å²) in [7, 11) is 1.66. The topological polar surface area (TPSA) is 50.4 Å². The van der Waals surface area contributed by atoms with Crippen molar-refractivity contribution in [2.75, 3.05) is 17.7 Å². The SMILES string of the molecule is COc1ccc(C2C=C3Nc4ccccc4NC(c4ccccc4C)C3C(=O)C2)cc1. The van der Waals surface area contributed by atoms with Crippen molar-refractivity contribution >= 4 is 17.2 Å². The van der Waals surface area contributed by atoms with Crippen LogP contribution in [0.2, 0.25) is 0 Å². The van der Waals surface area contributed by atoms with Gasteiger partial charge in [0.25, 0.3) is 0 Å². The van der Waals surface area contributed by atoms with Gasteiger partial charge in [-0.25, -0.2) is 0 Å². The predicted octanol–water partition coefficient (Wildman–Crippen LogP) is 5.84. The summed E-state index contributed by atoms with van der Waals surface area (Å²) >= 11 is 0. The molecule has 0 fully saturated rings. The van der Waals surface area contributed by atoms with Crippen LogP contribution in [0.15, 0.2) is 84.6 Å². The van der Waals surface area contributed by atoms with Gasteiger partial charge >= 0.3 is 0 Å². The molecule has 1 aliphatic carbocycles. The lowest BCUT2D eigenvalue weighted by Gasteiger charge is -2.33. The Morgan fingerprint density at radius 1 is 0.903 bits per heavy atom. The molecule has 0 amide bonds. The summed E-state index contributed by atoms with van der Waals surface area (Å²) in [4.78, 5) is 13.6. The number of carbonyl (C=O) groups is 1. The Hall–Kier alpha value is -3.53. The summed E-state index contributed by atoms with van der Waals surface area (Å²) in [5, 5.41) is 7.26. The lowest BCUT2D eigenvalue weighted by Crippen LogP contribution is -2.34. The average Bonchev–Trinajstić information content (AvgIpc) is 2.96. The minimum absolute atomic E-state index is 0.0416. The van der Waals surface area contributed by atoms with Crippen molar-refractivity contribution in [2.24, 2.45) is 5.92 Å². The number of para-hydroxylation sites is 2. The van der Waals surface area contributed by atoms with Gasteiger partial charge in [0, 0.05) is 18.0 Å². The first kappa shape index (κ1) is 19.4. The maximum Gasteiger partial charge on any atom is 0.145 e. The first-order valence-electron chi connectivity index (χ1n) is 10.7. The standard InChI is InChI=1S/C27H26N2O2/c1-17-7-3-4-8-21(17)27-26-24(28-22-9-5-6-10-23(22)29-27)15-19(16-25(26)30)18-11-13-20(31-2)14-12-18/h3-15,19,26-29H,16H2,1-2H3. The third kappa shape index (κ3) is 3.59. The van der Waals surface area contributed by atoms with Gasteiger partial charge in [-0.1, -0.05) is 54.6 Å². The molecule has 0 radical (unpaired) electrons. The highest BCUT2D eigenvalue weighted by molar-refractivity contribution is 5.90. The smallest absolute Gasteiger partial charge is 0.145 e. The molecule has 0 spiro atoms. The van der Waals surface area contributed by atoms with Crippen LogP contribution < -0.4 is 15.4 Å². The van der Waals surface area contributed by atoms with Crippen molar-refractivity contribution in [1.82, 2.24) is 0 Å². The Morgan fingerprint density at radius 2 is 1.61 bits per heavy atom. The van der Waals surface area contributed by atoms with E-state index in [1.807, 2.05) is 36.4 Å². The second kappa shape index (κ2) is 7.95. The molecule has 31 heavy (non-hydrogen) atoms. The van der Waals surface area contributed by atoms with Gasteiger partial charge in [-0.15, -0.1) is 0 Å². The fourth-order valence-electron chi connectivity index (χ4n) is 4.76. The Balaban J connectivity index is 1.61. The number of hydrogen-bond acceptors (Lipinski definition) is 4. The van der Waals surface area contributed by atoms with Gasteiger partial charge in [0.1, 0.15) is 11.5 Å². The van der Waals surface area contributed by atoms with Crippen LogP contribution in [0.4, 0.5) is 11.4 Å². The summed E-state index contributed by atoms with van der Waals surface area (Å²) < 4.78 is 5.29. The zero-order valence-corrected chi connectivity index (χ0v) is 17.8. The Bertz CT molecular complexity index is 1150. The molecule has 3 unspecified atom stereocenters. The molecule has 0 aromatic heterocycles. The number of nitrogens with one attached hydrogen (secondary N) is 2. The number of hydrogen-bond donors (Lipinski definition) is 2. The quantitative estimate of drug-likeness (QED) is 0.570. The van der Waals surface area contributed by atoms with Crippen LogP contribution >= 0.6 is 0 Å². The molecule has 2 N–H and O–H groups in total. The molecule has 0 bridgehead atoms. The predicted molar refractivity (Wildman–Crippen MR) is 125 cm³/mol. The maximum atomic E-state index is 13.6. The molecule has 1 heterocycles. The number of aryl methyl sites for hydroxylation is 1. The molecule has 4 nitrogen and oxygen atoms in total. The molecule has 2 aliphatic rings. The van der Waals surface area contributed by atoms with Crippen molar-refractivity contribution in [3.63, 3.8) is 0 Å². The van der Waals surface area contributed by atoms with E-state index < -0.39 is 0 Å². The van der Waals surface area contributed by atoms with Gasteiger partial charge < -0.3 is 15.4 Å². The van der Waals surface area contributed by atoms with Crippen LogP contribution in [-0.4, -0.2) is 12.9 Å². The summed E-state index contributed by atoms with van der Waals surface area (Å²) in [6.45, 7) is 2.11. The van der Waals surface area contributed by atoms with Gasteiger partial charge in [0.2, 0.25) is 0 Å². The number of ether oxygens (including phenoxy) is 1. The Morgan fingerprint density at radius 3 is 2.35 bits per heavy atom. The number of carbonyl (C=O) groups excluding carboxylic acids is 1. The highest BCUT2D eigenvalue weighted by Crippen LogP contribution is 2.45. The van der Waals surface area contributed by atoms with Crippen molar-refractivity contribution in [3.05, 3.63) is 101 Å². The second-order valence-electron chi connectivity index (χ2n) is 8.30. The minimum atomic E-state index is -0.261. The number of allylic oxidation sites excluding steroid dienone is 1. The lowest BCUT2D eigenvalue weighted by molar-refractivity contribution is -0.122. The Kier molecular flexibility index (Phi) is 4.99. The fourth-order valence-corrected chi connectivity index (χ4v) is 4.76.